The van der Waals surface area contributed by atoms with Crippen LogP contribution in [0.5, 0.6) is 11.5 Å². The van der Waals surface area contributed by atoms with Gasteiger partial charge >= 0.3 is 0 Å². The van der Waals surface area contributed by atoms with Crippen molar-refractivity contribution in [2.45, 2.75) is 49.8 Å². The van der Waals surface area contributed by atoms with Crippen LogP contribution in [0.1, 0.15) is 29.2 Å². The van der Waals surface area contributed by atoms with E-state index in [2.05, 4.69) is 5.32 Å². The van der Waals surface area contributed by atoms with Crippen molar-refractivity contribution < 1.29 is 38.7 Å². The number of methoxy groups -OCH3 is 2. The van der Waals surface area contributed by atoms with Crippen molar-refractivity contribution in [1.29, 1.82) is 0 Å². The molecule has 0 spiro atoms. The zero-order chi connectivity index (χ0) is 31.8. The van der Waals surface area contributed by atoms with Gasteiger partial charge in [-0.25, -0.2) is 0 Å². The van der Waals surface area contributed by atoms with Gasteiger partial charge in [0, 0.05) is 6.92 Å². The quantitative estimate of drug-likeness (QED) is 0.204. The molecule has 0 saturated carbocycles. The summed E-state index contributed by atoms with van der Waals surface area (Å²) in [4.78, 5) is 12.0. The largest absolute Gasteiger partial charge is 0.497 e. The Morgan fingerprint density at radius 2 is 1.27 bits per heavy atom. The molecule has 1 fully saturated rings. The highest BCUT2D eigenvalue weighted by Crippen LogP contribution is 2.42. The third-order valence-electron chi connectivity index (χ3n) is 7.97. The Morgan fingerprint density at radius 3 is 1.78 bits per heavy atom. The van der Waals surface area contributed by atoms with Crippen LogP contribution >= 0.6 is 0 Å². The van der Waals surface area contributed by atoms with Gasteiger partial charge in [0.2, 0.25) is 5.91 Å². The van der Waals surface area contributed by atoms with E-state index in [0.717, 1.165) is 22.3 Å². The summed E-state index contributed by atoms with van der Waals surface area (Å²) in [6.07, 6.45) is -4.84. The second kappa shape index (κ2) is 14.7. The summed E-state index contributed by atoms with van der Waals surface area (Å²) in [6, 6.07) is 33.4. The number of benzene rings is 4. The maximum absolute atomic E-state index is 12.0. The minimum atomic E-state index is -1.39. The molecule has 9 heteroatoms. The molecule has 4 aromatic rings. The maximum Gasteiger partial charge on any atom is 0.217 e. The molecular weight excluding hydrogens is 574 g/mol. The van der Waals surface area contributed by atoms with E-state index >= 15 is 0 Å². The molecule has 0 radical (unpaired) electrons. The minimum Gasteiger partial charge on any atom is -0.497 e. The van der Waals surface area contributed by atoms with E-state index in [1.807, 2.05) is 109 Å². The minimum absolute atomic E-state index is 0.136. The van der Waals surface area contributed by atoms with E-state index < -0.39 is 36.2 Å². The molecule has 1 aliphatic rings. The fourth-order valence-corrected chi connectivity index (χ4v) is 5.63. The summed E-state index contributed by atoms with van der Waals surface area (Å²) in [7, 11) is 3.22. The fraction of sp³-hybridized carbons (Fsp3) is 0.306. The van der Waals surface area contributed by atoms with Gasteiger partial charge in [-0.15, -0.1) is 0 Å². The Hall–Kier alpha value is -4.25. The first kappa shape index (κ1) is 32.2. The van der Waals surface area contributed by atoms with E-state index in [-0.39, 0.29) is 19.1 Å². The Balaban J connectivity index is 1.51. The van der Waals surface area contributed by atoms with Crippen molar-refractivity contribution in [2.24, 2.45) is 0 Å². The van der Waals surface area contributed by atoms with Crippen molar-refractivity contribution in [3.8, 4) is 11.5 Å². The smallest absolute Gasteiger partial charge is 0.217 e. The molecule has 236 valence electrons. The third kappa shape index (κ3) is 7.19. The van der Waals surface area contributed by atoms with Gasteiger partial charge in [-0.05, 0) is 46.5 Å². The third-order valence-corrected chi connectivity index (χ3v) is 7.97. The second-order valence-corrected chi connectivity index (χ2v) is 10.9. The molecule has 3 N–H and O–H groups in total. The molecule has 0 aliphatic carbocycles. The highest BCUT2D eigenvalue weighted by atomic mass is 16.7. The van der Waals surface area contributed by atoms with Gasteiger partial charge < -0.3 is 39.2 Å². The molecule has 4 aromatic carbocycles. The zero-order valence-electron chi connectivity index (χ0n) is 25.5. The Bertz CT molecular complexity index is 1450. The number of amides is 1. The number of nitrogens with one attached hydrogen (secondary N) is 1. The topological polar surface area (TPSA) is 116 Å². The lowest BCUT2D eigenvalue weighted by Crippen LogP contribution is -2.64. The average Bonchev–Trinajstić information content (AvgIpc) is 3.08. The predicted octanol–water partition coefficient (Wildman–Crippen LogP) is 4.18. The molecule has 45 heavy (non-hydrogen) atoms. The number of hydrogen-bond donors (Lipinski definition) is 3. The summed E-state index contributed by atoms with van der Waals surface area (Å²) >= 11 is 0. The first-order valence-corrected chi connectivity index (χ1v) is 14.8. The predicted molar refractivity (Wildman–Crippen MR) is 168 cm³/mol. The molecule has 1 saturated heterocycles. The SMILES string of the molecule is COc1ccc(C(OCC2OC(OCc3ccccc3)C(NC(C)=O)C(O)C2O)(c2ccccc2)c2ccc(OC)cc2)cc1. The number of aliphatic hydroxyl groups excluding tert-OH is 2. The number of ether oxygens (including phenoxy) is 5. The van der Waals surface area contributed by atoms with Crippen LogP contribution in [-0.4, -0.2) is 67.6 Å². The lowest BCUT2D eigenvalue weighted by atomic mass is 9.80. The van der Waals surface area contributed by atoms with Crippen LogP contribution in [0.3, 0.4) is 0 Å². The summed E-state index contributed by atoms with van der Waals surface area (Å²) in [5.41, 5.74) is 2.16. The molecule has 1 heterocycles. The Morgan fingerprint density at radius 1 is 0.756 bits per heavy atom. The zero-order valence-corrected chi connectivity index (χ0v) is 25.5. The summed E-state index contributed by atoms with van der Waals surface area (Å²) < 4.78 is 30.1. The van der Waals surface area contributed by atoms with E-state index in [0.29, 0.717) is 11.5 Å². The highest BCUT2D eigenvalue weighted by molar-refractivity contribution is 5.73. The van der Waals surface area contributed by atoms with Crippen LogP contribution < -0.4 is 14.8 Å². The standard InChI is InChI=1S/C36H39NO8/c1-24(38)37-32-34(40)33(39)31(45-35(32)43-22-25-10-6-4-7-11-25)23-44-36(26-12-8-5-9-13-26,27-14-18-29(41-2)19-15-27)28-16-20-30(42-3)21-17-28/h4-21,31-35,39-40H,22-23H2,1-3H3,(H,37,38). The fourth-order valence-electron chi connectivity index (χ4n) is 5.63. The molecule has 0 aromatic heterocycles. The lowest BCUT2D eigenvalue weighted by molar-refractivity contribution is -0.279. The van der Waals surface area contributed by atoms with E-state index in [1.54, 1.807) is 14.2 Å². The van der Waals surface area contributed by atoms with Crippen molar-refractivity contribution in [1.82, 2.24) is 5.32 Å². The van der Waals surface area contributed by atoms with E-state index in [9.17, 15) is 15.0 Å². The molecule has 5 rings (SSSR count). The van der Waals surface area contributed by atoms with Gasteiger partial charge in [0.25, 0.3) is 0 Å². The highest BCUT2D eigenvalue weighted by Gasteiger charge is 2.47. The maximum atomic E-state index is 12.0. The second-order valence-electron chi connectivity index (χ2n) is 10.9. The summed E-state index contributed by atoms with van der Waals surface area (Å²) in [5, 5.41) is 25.2. The average molecular weight is 614 g/mol. The number of carbonyl (C=O) groups is 1. The van der Waals surface area contributed by atoms with E-state index in [4.69, 9.17) is 23.7 Å². The molecule has 1 aliphatic heterocycles. The van der Waals surface area contributed by atoms with Crippen LogP contribution in [0.2, 0.25) is 0 Å². The Labute approximate surface area is 263 Å². The normalized spacial score (nSPS) is 21.6. The molecular formula is C36H39NO8. The van der Waals surface area contributed by atoms with Crippen molar-refractivity contribution >= 4 is 5.91 Å². The van der Waals surface area contributed by atoms with Crippen LogP contribution in [0.4, 0.5) is 0 Å². The van der Waals surface area contributed by atoms with Crippen LogP contribution in [-0.2, 0) is 31.2 Å². The number of rotatable bonds is 12. The van der Waals surface area contributed by atoms with Crippen molar-refractivity contribution in [2.75, 3.05) is 20.8 Å². The first-order chi connectivity index (χ1) is 21.8. The van der Waals surface area contributed by atoms with Gasteiger partial charge in [-0.1, -0.05) is 84.9 Å². The van der Waals surface area contributed by atoms with Crippen molar-refractivity contribution in [3.63, 3.8) is 0 Å². The molecule has 9 nitrogen and oxygen atoms in total. The number of aliphatic hydroxyl groups is 2. The van der Waals surface area contributed by atoms with Gasteiger partial charge in [0.1, 0.15) is 41.5 Å². The molecule has 1 amide bonds. The van der Waals surface area contributed by atoms with Gasteiger partial charge in [-0.2, -0.15) is 0 Å². The molecule has 5 atom stereocenters. The van der Waals surface area contributed by atoms with E-state index in [1.165, 1.54) is 6.92 Å². The molecule has 0 bridgehead atoms. The van der Waals surface area contributed by atoms with Gasteiger partial charge in [0.15, 0.2) is 6.29 Å². The number of hydrogen-bond acceptors (Lipinski definition) is 8. The van der Waals surface area contributed by atoms with Gasteiger partial charge in [0.05, 0.1) is 27.4 Å². The van der Waals surface area contributed by atoms with Crippen LogP contribution in [0.15, 0.2) is 109 Å². The summed E-state index contributed by atoms with van der Waals surface area (Å²) in [6.45, 7) is 1.37. The Kier molecular flexibility index (Phi) is 10.5. The molecule has 5 unspecified atom stereocenters. The van der Waals surface area contributed by atoms with Crippen LogP contribution in [0, 0.1) is 0 Å². The lowest BCUT2D eigenvalue weighted by Gasteiger charge is -2.44. The number of carbonyl (C=O) groups excluding carboxylic acids is 1. The monoisotopic (exact) mass is 613 g/mol. The van der Waals surface area contributed by atoms with Crippen molar-refractivity contribution in [3.05, 3.63) is 131 Å². The summed E-state index contributed by atoms with van der Waals surface area (Å²) in [5.74, 6) is 0.985. The van der Waals surface area contributed by atoms with Crippen LogP contribution in [0.25, 0.3) is 0 Å². The first-order valence-electron chi connectivity index (χ1n) is 14.8. The van der Waals surface area contributed by atoms with Gasteiger partial charge in [-0.3, -0.25) is 4.79 Å².